The molecular weight excluding hydrogens is 210 g/mol. The van der Waals surface area contributed by atoms with Gasteiger partial charge in [0.15, 0.2) is 0 Å². The van der Waals surface area contributed by atoms with Crippen LogP contribution in [0.1, 0.15) is 30.4 Å². The second kappa shape index (κ2) is 6.18. The Hall–Kier alpha value is -0.860. The Morgan fingerprint density at radius 2 is 2.24 bits per heavy atom. The van der Waals surface area contributed by atoms with Crippen LogP contribution in [0.3, 0.4) is 0 Å². The minimum Gasteiger partial charge on any atom is -0.393 e. The van der Waals surface area contributed by atoms with Gasteiger partial charge in [0.05, 0.1) is 6.10 Å². The van der Waals surface area contributed by atoms with E-state index in [9.17, 15) is 5.11 Å². The molecule has 2 unspecified atom stereocenters. The van der Waals surface area contributed by atoms with Gasteiger partial charge in [0.2, 0.25) is 0 Å². The fourth-order valence-corrected chi connectivity index (χ4v) is 2.64. The monoisotopic (exact) mass is 233 g/mol. The third-order valence-corrected chi connectivity index (χ3v) is 3.85. The molecule has 1 fully saturated rings. The Balaban J connectivity index is 1.83. The Labute approximate surface area is 104 Å². The summed E-state index contributed by atoms with van der Waals surface area (Å²) in [6, 6.07) is 8.46. The summed E-state index contributed by atoms with van der Waals surface area (Å²) in [5.41, 5.74) is 2.71. The first-order chi connectivity index (χ1) is 8.27. The van der Waals surface area contributed by atoms with Crippen LogP contribution in [0, 0.1) is 12.8 Å². The Morgan fingerprint density at radius 3 is 2.94 bits per heavy atom. The highest BCUT2D eigenvalue weighted by Crippen LogP contribution is 2.19. The van der Waals surface area contributed by atoms with E-state index < -0.39 is 0 Å². The molecule has 94 valence electrons. The van der Waals surface area contributed by atoms with Gasteiger partial charge in [-0.2, -0.15) is 0 Å². The zero-order chi connectivity index (χ0) is 12.1. The van der Waals surface area contributed by atoms with E-state index in [4.69, 9.17) is 0 Å². The first kappa shape index (κ1) is 12.6. The van der Waals surface area contributed by atoms with Crippen molar-refractivity contribution in [2.45, 2.75) is 38.7 Å². The van der Waals surface area contributed by atoms with Crippen molar-refractivity contribution in [2.24, 2.45) is 5.92 Å². The first-order valence-electron chi connectivity index (χ1n) is 6.70. The quantitative estimate of drug-likeness (QED) is 0.836. The van der Waals surface area contributed by atoms with Crippen molar-refractivity contribution in [3.8, 4) is 0 Å². The molecule has 0 radical (unpaired) electrons. The summed E-state index contributed by atoms with van der Waals surface area (Å²) in [5.74, 6) is 0.452. The van der Waals surface area contributed by atoms with Crippen LogP contribution < -0.4 is 5.32 Å². The molecule has 2 nitrogen and oxygen atoms in total. The summed E-state index contributed by atoms with van der Waals surface area (Å²) in [6.07, 6.45) is 4.10. The van der Waals surface area contributed by atoms with Crippen molar-refractivity contribution in [1.82, 2.24) is 5.32 Å². The number of rotatable bonds is 4. The molecule has 2 atom stereocenters. The fraction of sp³-hybridized carbons (Fsp3) is 0.600. The largest absolute Gasteiger partial charge is 0.393 e. The molecule has 1 aromatic carbocycles. The van der Waals surface area contributed by atoms with Crippen LogP contribution in [0.15, 0.2) is 24.3 Å². The van der Waals surface area contributed by atoms with E-state index in [1.54, 1.807) is 0 Å². The van der Waals surface area contributed by atoms with E-state index in [1.165, 1.54) is 24.0 Å². The van der Waals surface area contributed by atoms with Gasteiger partial charge in [-0.05, 0) is 56.2 Å². The third-order valence-electron chi connectivity index (χ3n) is 3.85. The Bertz CT molecular complexity index is 345. The van der Waals surface area contributed by atoms with Gasteiger partial charge in [0, 0.05) is 6.54 Å². The van der Waals surface area contributed by atoms with Crippen LogP contribution in [0.25, 0.3) is 0 Å². The molecule has 0 amide bonds. The predicted molar refractivity (Wildman–Crippen MR) is 71.1 cm³/mol. The molecule has 0 saturated carbocycles. The van der Waals surface area contributed by atoms with E-state index in [2.05, 4.69) is 36.5 Å². The van der Waals surface area contributed by atoms with Crippen LogP contribution in [0.5, 0.6) is 0 Å². The molecule has 1 aliphatic rings. The number of piperidine rings is 1. The van der Waals surface area contributed by atoms with Gasteiger partial charge in [-0.1, -0.05) is 24.3 Å². The molecular formula is C15H23NO. The van der Waals surface area contributed by atoms with Gasteiger partial charge in [0.1, 0.15) is 0 Å². The number of benzene rings is 1. The van der Waals surface area contributed by atoms with Gasteiger partial charge in [0.25, 0.3) is 0 Å². The maximum absolute atomic E-state index is 10.2. The highest BCUT2D eigenvalue weighted by atomic mass is 16.3. The lowest BCUT2D eigenvalue weighted by Gasteiger charge is -2.27. The molecule has 1 saturated heterocycles. The van der Waals surface area contributed by atoms with Crippen molar-refractivity contribution in [1.29, 1.82) is 0 Å². The van der Waals surface area contributed by atoms with E-state index in [0.717, 1.165) is 25.9 Å². The number of aryl methyl sites for hydroxylation is 2. The molecule has 1 heterocycles. The standard InChI is InChI=1S/C15H23NO/c1-12-5-2-3-6-13(12)8-9-15(17)14-7-4-10-16-11-14/h2-3,5-6,14-17H,4,7-11H2,1H3. The Kier molecular flexibility index (Phi) is 4.57. The summed E-state index contributed by atoms with van der Waals surface area (Å²) in [5, 5.41) is 13.6. The molecule has 0 aromatic heterocycles. The second-order valence-electron chi connectivity index (χ2n) is 5.14. The van der Waals surface area contributed by atoms with E-state index in [-0.39, 0.29) is 6.10 Å². The summed E-state index contributed by atoms with van der Waals surface area (Å²) >= 11 is 0. The number of aliphatic hydroxyl groups is 1. The summed E-state index contributed by atoms with van der Waals surface area (Å²) in [4.78, 5) is 0. The van der Waals surface area contributed by atoms with Gasteiger partial charge in [-0.25, -0.2) is 0 Å². The minimum absolute atomic E-state index is 0.151. The zero-order valence-electron chi connectivity index (χ0n) is 10.7. The van der Waals surface area contributed by atoms with Crippen molar-refractivity contribution >= 4 is 0 Å². The maximum Gasteiger partial charge on any atom is 0.0583 e. The molecule has 1 aromatic rings. The van der Waals surface area contributed by atoms with Gasteiger partial charge in [-0.15, -0.1) is 0 Å². The molecule has 17 heavy (non-hydrogen) atoms. The minimum atomic E-state index is -0.151. The highest BCUT2D eigenvalue weighted by Gasteiger charge is 2.21. The maximum atomic E-state index is 10.2. The first-order valence-corrected chi connectivity index (χ1v) is 6.70. The van der Waals surface area contributed by atoms with Crippen molar-refractivity contribution in [2.75, 3.05) is 13.1 Å². The highest BCUT2D eigenvalue weighted by molar-refractivity contribution is 5.25. The molecule has 2 heteroatoms. The Morgan fingerprint density at radius 1 is 1.41 bits per heavy atom. The van der Waals surface area contributed by atoms with E-state index in [0.29, 0.717) is 5.92 Å². The lowest BCUT2D eigenvalue weighted by atomic mass is 9.89. The third kappa shape index (κ3) is 3.55. The number of nitrogens with one attached hydrogen (secondary N) is 1. The summed E-state index contributed by atoms with van der Waals surface area (Å²) < 4.78 is 0. The van der Waals surface area contributed by atoms with Crippen LogP contribution >= 0.6 is 0 Å². The molecule has 2 rings (SSSR count). The topological polar surface area (TPSA) is 32.3 Å². The summed E-state index contributed by atoms with van der Waals surface area (Å²) in [6.45, 7) is 4.24. The number of aliphatic hydroxyl groups excluding tert-OH is 1. The van der Waals surface area contributed by atoms with Crippen LogP contribution in [-0.4, -0.2) is 24.3 Å². The predicted octanol–water partition coefficient (Wildman–Crippen LogP) is 2.29. The average molecular weight is 233 g/mol. The molecule has 2 N–H and O–H groups in total. The smallest absolute Gasteiger partial charge is 0.0583 e. The van der Waals surface area contributed by atoms with Crippen molar-refractivity contribution in [3.05, 3.63) is 35.4 Å². The van der Waals surface area contributed by atoms with Crippen molar-refractivity contribution in [3.63, 3.8) is 0 Å². The molecule has 0 aliphatic carbocycles. The lowest BCUT2D eigenvalue weighted by molar-refractivity contribution is 0.0844. The lowest BCUT2D eigenvalue weighted by Crippen LogP contribution is -2.36. The average Bonchev–Trinajstić information content (AvgIpc) is 2.38. The van der Waals surface area contributed by atoms with E-state index >= 15 is 0 Å². The number of hydrogen-bond donors (Lipinski definition) is 2. The summed E-state index contributed by atoms with van der Waals surface area (Å²) in [7, 11) is 0. The fourth-order valence-electron chi connectivity index (χ4n) is 2.64. The molecule has 1 aliphatic heterocycles. The van der Waals surface area contributed by atoms with Crippen LogP contribution in [-0.2, 0) is 6.42 Å². The van der Waals surface area contributed by atoms with Gasteiger partial charge < -0.3 is 10.4 Å². The van der Waals surface area contributed by atoms with Gasteiger partial charge >= 0.3 is 0 Å². The molecule has 0 spiro atoms. The van der Waals surface area contributed by atoms with Crippen LogP contribution in [0.2, 0.25) is 0 Å². The molecule has 0 bridgehead atoms. The second-order valence-corrected chi connectivity index (χ2v) is 5.14. The van der Waals surface area contributed by atoms with Crippen molar-refractivity contribution < 1.29 is 5.11 Å². The van der Waals surface area contributed by atoms with Crippen LogP contribution in [0.4, 0.5) is 0 Å². The zero-order valence-corrected chi connectivity index (χ0v) is 10.7. The van der Waals surface area contributed by atoms with Gasteiger partial charge in [-0.3, -0.25) is 0 Å². The van der Waals surface area contributed by atoms with E-state index in [1.807, 2.05) is 0 Å². The normalized spacial score (nSPS) is 22.4. The number of hydrogen-bond acceptors (Lipinski definition) is 2. The SMILES string of the molecule is Cc1ccccc1CCC(O)C1CCCNC1.